The van der Waals surface area contributed by atoms with E-state index in [1.807, 2.05) is 18.7 Å². The van der Waals surface area contributed by atoms with E-state index in [9.17, 15) is 4.79 Å². The maximum atomic E-state index is 12.2. The minimum absolute atomic E-state index is 0.199. The van der Waals surface area contributed by atoms with Gasteiger partial charge in [-0.05, 0) is 33.6 Å². The van der Waals surface area contributed by atoms with Crippen molar-refractivity contribution >= 4 is 21.8 Å². The van der Waals surface area contributed by atoms with Crippen LogP contribution in [0.1, 0.15) is 53.9 Å². The zero-order valence-electron chi connectivity index (χ0n) is 10.6. The minimum atomic E-state index is -0.440. The maximum absolute atomic E-state index is 12.2. The molecule has 0 spiro atoms. The molecule has 0 aromatic carbocycles. The predicted molar refractivity (Wildman–Crippen MR) is 69.4 cm³/mol. The van der Waals surface area contributed by atoms with Gasteiger partial charge in [0.2, 0.25) is 5.91 Å². The molecule has 0 aliphatic carbocycles. The molecule has 0 rings (SSSR count). The summed E-state index contributed by atoms with van der Waals surface area (Å²) in [5.74, 6) is 0.199. The third-order valence-electron chi connectivity index (χ3n) is 2.64. The average molecular weight is 278 g/mol. The van der Waals surface area contributed by atoms with Gasteiger partial charge in [0.1, 0.15) is 0 Å². The van der Waals surface area contributed by atoms with Gasteiger partial charge in [0.15, 0.2) is 0 Å². The lowest BCUT2D eigenvalue weighted by molar-refractivity contribution is -0.134. The van der Waals surface area contributed by atoms with Crippen molar-refractivity contribution in [1.82, 2.24) is 4.90 Å². The molecule has 0 aliphatic rings. The van der Waals surface area contributed by atoms with E-state index in [2.05, 4.69) is 36.7 Å². The van der Waals surface area contributed by atoms with Crippen LogP contribution >= 0.6 is 15.9 Å². The number of halogens is 1. The van der Waals surface area contributed by atoms with Gasteiger partial charge in [-0.15, -0.1) is 0 Å². The number of hydrogen-bond donors (Lipinski definition) is 0. The molecular weight excluding hydrogens is 254 g/mol. The highest BCUT2D eigenvalue weighted by molar-refractivity contribution is 9.10. The van der Waals surface area contributed by atoms with Gasteiger partial charge in [-0.3, -0.25) is 4.79 Å². The van der Waals surface area contributed by atoms with Gasteiger partial charge in [-0.25, -0.2) is 0 Å². The van der Waals surface area contributed by atoms with Crippen molar-refractivity contribution < 1.29 is 4.79 Å². The van der Waals surface area contributed by atoms with Gasteiger partial charge in [-0.1, -0.05) is 36.2 Å². The second-order valence-corrected chi connectivity index (χ2v) is 6.56. The van der Waals surface area contributed by atoms with Crippen LogP contribution in [-0.2, 0) is 4.79 Å². The van der Waals surface area contributed by atoms with Gasteiger partial charge in [0.25, 0.3) is 0 Å². The molecule has 90 valence electrons. The van der Waals surface area contributed by atoms with Crippen LogP contribution in [0.5, 0.6) is 0 Å². The van der Waals surface area contributed by atoms with Crippen molar-refractivity contribution in [3.05, 3.63) is 0 Å². The summed E-state index contributed by atoms with van der Waals surface area (Å²) < 4.78 is -0.440. The zero-order valence-corrected chi connectivity index (χ0v) is 12.2. The number of carbonyl (C=O) groups is 1. The number of nitrogens with zero attached hydrogens (tertiary/aromatic N) is 1. The van der Waals surface area contributed by atoms with Crippen molar-refractivity contribution in [3.63, 3.8) is 0 Å². The van der Waals surface area contributed by atoms with Crippen molar-refractivity contribution in [1.29, 1.82) is 0 Å². The molecule has 0 saturated heterocycles. The first-order valence-corrected chi connectivity index (χ1v) is 6.63. The molecule has 0 heterocycles. The first kappa shape index (κ1) is 14.9. The summed E-state index contributed by atoms with van der Waals surface area (Å²) in [6.45, 7) is 11.1. The van der Waals surface area contributed by atoms with Crippen LogP contribution in [0, 0.1) is 0 Å². The maximum Gasteiger partial charge on any atom is 0.239 e. The highest BCUT2D eigenvalue weighted by Crippen LogP contribution is 2.21. The summed E-state index contributed by atoms with van der Waals surface area (Å²) >= 11 is 3.44. The molecule has 2 nitrogen and oxygen atoms in total. The van der Waals surface area contributed by atoms with Crippen molar-refractivity contribution in [3.8, 4) is 0 Å². The Labute approximate surface area is 103 Å². The Morgan fingerprint density at radius 1 is 1.40 bits per heavy atom. The Morgan fingerprint density at radius 2 is 1.93 bits per heavy atom. The normalized spacial score (nSPS) is 13.7. The molecule has 1 unspecified atom stereocenters. The summed E-state index contributed by atoms with van der Waals surface area (Å²) in [6, 6.07) is 0.334. The number of hydrogen-bond acceptors (Lipinski definition) is 1. The van der Waals surface area contributed by atoms with Gasteiger partial charge in [-0.2, -0.15) is 0 Å². The third-order valence-corrected chi connectivity index (χ3v) is 2.98. The van der Waals surface area contributed by atoms with Crippen LogP contribution in [0.3, 0.4) is 0 Å². The lowest BCUT2D eigenvalue weighted by Gasteiger charge is -2.33. The summed E-state index contributed by atoms with van der Waals surface area (Å²) in [6.07, 6.45) is 3.22. The largest absolute Gasteiger partial charge is 0.339 e. The molecule has 1 amide bonds. The summed E-state index contributed by atoms with van der Waals surface area (Å²) in [7, 11) is 0. The molecule has 0 N–H and O–H groups in total. The fraction of sp³-hybridized carbons (Fsp3) is 0.917. The molecule has 0 aliphatic heterocycles. The molecule has 0 saturated carbocycles. The molecule has 3 heteroatoms. The summed E-state index contributed by atoms with van der Waals surface area (Å²) in [4.78, 5) is 14.1. The molecule has 0 bridgehead atoms. The van der Waals surface area contributed by atoms with Crippen molar-refractivity contribution in [2.75, 3.05) is 6.54 Å². The fourth-order valence-corrected chi connectivity index (χ4v) is 1.64. The van der Waals surface area contributed by atoms with E-state index in [1.54, 1.807) is 0 Å². The molecule has 0 fully saturated rings. The van der Waals surface area contributed by atoms with Gasteiger partial charge in [0.05, 0.1) is 4.32 Å². The second kappa shape index (κ2) is 6.51. The lowest BCUT2D eigenvalue weighted by Crippen LogP contribution is -2.46. The number of carbonyl (C=O) groups excluding carboxylic acids is 1. The third kappa shape index (κ3) is 5.01. The van der Waals surface area contributed by atoms with E-state index < -0.39 is 4.32 Å². The van der Waals surface area contributed by atoms with Crippen LogP contribution in [-0.4, -0.2) is 27.7 Å². The number of amides is 1. The highest BCUT2D eigenvalue weighted by Gasteiger charge is 2.30. The topological polar surface area (TPSA) is 20.3 Å². The van der Waals surface area contributed by atoms with Crippen molar-refractivity contribution in [2.24, 2.45) is 0 Å². The fourth-order valence-electron chi connectivity index (χ4n) is 1.41. The Balaban J connectivity index is 4.55. The Morgan fingerprint density at radius 3 is 2.27 bits per heavy atom. The summed E-state index contributed by atoms with van der Waals surface area (Å²) in [5, 5.41) is 0. The molecular formula is C12H24BrNO. The Kier molecular flexibility index (Phi) is 6.49. The monoisotopic (exact) mass is 277 g/mol. The molecule has 15 heavy (non-hydrogen) atoms. The average Bonchev–Trinajstić information content (AvgIpc) is 2.16. The Bertz CT molecular complexity index is 198. The molecule has 1 atom stereocenters. The van der Waals surface area contributed by atoms with E-state index in [-0.39, 0.29) is 5.91 Å². The predicted octanol–water partition coefficient (Wildman–Crippen LogP) is 3.59. The smallest absolute Gasteiger partial charge is 0.239 e. The van der Waals surface area contributed by atoms with Gasteiger partial charge in [0, 0.05) is 12.6 Å². The van der Waals surface area contributed by atoms with Crippen LogP contribution in [0.25, 0.3) is 0 Å². The minimum Gasteiger partial charge on any atom is -0.339 e. The quantitative estimate of drug-likeness (QED) is 0.680. The van der Waals surface area contributed by atoms with Crippen LogP contribution in [0.15, 0.2) is 0 Å². The van der Waals surface area contributed by atoms with Crippen LogP contribution in [0.2, 0.25) is 0 Å². The van der Waals surface area contributed by atoms with Gasteiger partial charge >= 0.3 is 0 Å². The van der Waals surface area contributed by atoms with Gasteiger partial charge < -0.3 is 4.90 Å². The number of rotatable bonds is 6. The van der Waals surface area contributed by atoms with Crippen LogP contribution < -0.4 is 0 Å². The zero-order chi connectivity index (χ0) is 12.1. The standard InChI is InChI=1S/C12H24BrNO/c1-6-8-9-14(10(3)7-2)11(15)12(4,5)13/h10H,6-9H2,1-5H3. The molecule has 0 aromatic rings. The van der Waals surface area contributed by atoms with E-state index >= 15 is 0 Å². The van der Waals surface area contributed by atoms with E-state index in [4.69, 9.17) is 0 Å². The molecule has 0 aromatic heterocycles. The SMILES string of the molecule is CCCCN(C(=O)C(C)(C)Br)C(C)CC. The number of unbranched alkanes of at least 4 members (excludes halogenated alkanes) is 1. The van der Waals surface area contributed by atoms with E-state index in [1.165, 1.54) is 0 Å². The summed E-state index contributed by atoms with van der Waals surface area (Å²) in [5.41, 5.74) is 0. The lowest BCUT2D eigenvalue weighted by atomic mass is 10.1. The first-order chi connectivity index (χ1) is 6.84. The Hall–Kier alpha value is -0.0500. The van der Waals surface area contributed by atoms with Crippen LogP contribution in [0.4, 0.5) is 0 Å². The highest BCUT2D eigenvalue weighted by atomic mass is 79.9. The molecule has 0 radical (unpaired) electrons. The van der Waals surface area contributed by atoms with E-state index in [0.29, 0.717) is 6.04 Å². The first-order valence-electron chi connectivity index (χ1n) is 5.84. The van der Waals surface area contributed by atoms with Crippen molar-refractivity contribution in [2.45, 2.75) is 64.2 Å². The van der Waals surface area contributed by atoms with E-state index in [0.717, 1.165) is 25.8 Å². The number of alkyl halides is 1. The second-order valence-electron chi connectivity index (χ2n) is 4.58.